The number of hydrogen-bond donors (Lipinski definition) is 2. The fourth-order valence-electron chi connectivity index (χ4n) is 3.65. The molecule has 2 aromatic carbocycles. The smallest absolute Gasteiger partial charge is 0.262 e. The number of aromatic nitrogens is 4. The predicted molar refractivity (Wildman–Crippen MR) is 127 cm³/mol. The second-order valence-corrected chi connectivity index (χ2v) is 8.62. The molecule has 3 N–H and O–H groups in total. The summed E-state index contributed by atoms with van der Waals surface area (Å²) in [6, 6.07) is 11.1. The van der Waals surface area contributed by atoms with Crippen LogP contribution in [0.25, 0.3) is 16.7 Å². The van der Waals surface area contributed by atoms with Gasteiger partial charge in [0, 0.05) is 13.0 Å². The molecule has 0 aliphatic rings. The number of halogens is 2. The Hall–Kier alpha value is -2.87. The highest BCUT2D eigenvalue weighted by atomic mass is 35.5. The fourth-order valence-corrected chi connectivity index (χ4v) is 4.35. The summed E-state index contributed by atoms with van der Waals surface area (Å²) < 4.78 is 6.85. The lowest BCUT2D eigenvalue weighted by atomic mass is 10.1. The summed E-state index contributed by atoms with van der Waals surface area (Å²) >= 11 is 13.1. The Morgan fingerprint density at radius 2 is 1.88 bits per heavy atom. The summed E-state index contributed by atoms with van der Waals surface area (Å²) in [6.07, 6.45) is 0.415. The third-order valence-corrected chi connectivity index (χ3v) is 5.77. The standard InChI is InChI=1S/C23H23Cl2N5O2/c1-12(2)20-19-22(30(29-20)21-16(24)8-14(11-26)9-17(21)25)27-18(28-23(19)31)10-13-5-4-6-15(7-13)32-3/h4-9,12H,10-11,26H2,1-3H3,(H,27,28,31). The summed E-state index contributed by atoms with van der Waals surface area (Å²) in [5, 5.41) is 5.87. The van der Waals surface area contributed by atoms with Crippen LogP contribution in [-0.2, 0) is 13.0 Å². The van der Waals surface area contributed by atoms with Gasteiger partial charge in [0.15, 0.2) is 5.65 Å². The normalized spacial score (nSPS) is 11.5. The van der Waals surface area contributed by atoms with Crippen molar-refractivity contribution in [2.24, 2.45) is 5.73 Å². The summed E-state index contributed by atoms with van der Waals surface area (Å²) in [7, 11) is 1.61. The van der Waals surface area contributed by atoms with E-state index in [1.54, 1.807) is 23.9 Å². The molecular formula is C23H23Cl2N5O2. The van der Waals surface area contributed by atoms with Crippen LogP contribution in [0, 0.1) is 0 Å². The first-order chi connectivity index (χ1) is 15.3. The average Bonchev–Trinajstić information content (AvgIpc) is 3.13. The van der Waals surface area contributed by atoms with E-state index in [9.17, 15) is 4.79 Å². The SMILES string of the molecule is COc1cccc(Cc2nc3c(c(C(C)C)nn3-c3c(Cl)cc(CN)cc3Cl)c(=O)[nH]2)c1. The molecule has 0 radical (unpaired) electrons. The Kier molecular flexibility index (Phi) is 6.24. The zero-order valence-corrected chi connectivity index (χ0v) is 19.5. The highest BCUT2D eigenvalue weighted by Gasteiger charge is 2.23. The lowest BCUT2D eigenvalue weighted by Crippen LogP contribution is -2.14. The monoisotopic (exact) mass is 471 g/mol. The van der Waals surface area contributed by atoms with E-state index in [1.165, 1.54) is 0 Å². The first kappa shape index (κ1) is 22.3. The van der Waals surface area contributed by atoms with Gasteiger partial charge in [-0.15, -0.1) is 0 Å². The molecule has 4 aromatic rings. The van der Waals surface area contributed by atoms with E-state index in [1.807, 2.05) is 38.1 Å². The van der Waals surface area contributed by atoms with Gasteiger partial charge in [0.25, 0.3) is 5.56 Å². The summed E-state index contributed by atoms with van der Waals surface area (Å²) in [4.78, 5) is 20.8. The van der Waals surface area contributed by atoms with E-state index in [4.69, 9.17) is 38.7 Å². The molecule has 166 valence electrons. The van der Waals surface area contributed by atoms with Crippen molar-refractivity contribution in [3.05, 3.63) is 79.4 Å². The van der Waals surface area contributed by atoms with E-state index >= 15 is 0 Å². The maximum atomic E-state index is 13.1. The molecule has 0 saturated heterocycles. The summed E-state index contributed by atoms with van der Waals surface area (Å²) in [5.41, 5.74) is 8.72. The Bertz CT molecular complexity index is 1340. The number of rotatable bonds is 6. The van der Waals surface area contributed by atoms with Crippen molar-refractivity contribution >= 4 is 34.2 Å². The lowest BCUT2D eigenvalue weighted by Gasteiger charge is -2.10. The van der Waals surface area contributed by atoms with Gasteiger partial charge in [-0.05, 0) is 41.3 Å². The maximum absolute atomic E-state index is 13.1. The molecule has 9 heteroatoms. The highest BCUT2D eigenvalue weighted by molar-refractivity contribution is 6.38. The number of fused-ring (bicyclic) bond motifs is 1. The van der Waals surface area contributed by atoms with Crippen molar-refractivity contribution in [1.29, 1.82) is 0 Å². The molecule has 0 fully saturated rings. The minimum atomic E-state index is -0.256. The van der Waals surface area contributed by atoms with E-state index in [0.29, 0.717) is 51.2 Å². The van der Waals surface area contributed by atoms with Gasteiger partial charge >= 0.3 is 0 Å². The molecule has 0 spiro atoms. The van der Waals surface area contributed by atoms with Crippen LogP contribution in [0.4, 0.5) is 0 Å². The van der Waals surface area contributed by atoms with Crippen molar-refractivity contribution in [3.8, 4) is 11.4 Å². The largest absolute Gasteiger partial charge is 0.497 e. The molecule has 0 aliphatic heterocycles. The van der Waals surface area contributed by atoms with Gasteiger partial charge in [-0.25, -0.2) is 9.67 Å². The van der Waals surface area contributed by atoms with Crippen LogP contribution in [0.2, 0.25) is 10.0 Å². The number of aromatic amines is 1. The van der Waals surface area contributed by atoms with Crippen molar-refractivity contribution < 1.29 is 4.74 Å². The molecule has 2 aromatic heterocycles. The van der Waals surface area contributed by atoms with Crippen molar-refractivity contribution in [2.75, 3.05) is 7.11 Å². The molecule has 0 unspecified atom stereocenters. The molecule has 0 saturated carbocycles. The predicted octanol–water partition coefficient (Wildman–Crippen LogP) is 4.60. The molecular weight excluding hydrogens is 449 g/mol. The summed E-state index contributed by atoms with van der Waals surface area (Å²) in [5.74, 6) is 1.22. The number of benzene rings is 2. The van der Waals surface area contributed by atoms with Crippen molar-refractivity contribution in [3.63, 3.8) is 0 Å². The zero-order valence-electron chi connectivity index (χ0n) is 17.9. The highest BCUT2D eigenvalue weighted by Crippen LogP contribution is 2.33. The van der Waals surface area contributed by atoms with E-state index in [2.05, 4.69) is 10.1 Å². The molecule has 7 nitrogen and oxygen atoms in total. The van der Waals surface area contributed by atoms with Crippen LogP contribution in [-0.4, -0.2) is 26.9 Å². The van der Waals surface area contributed by atoms with Gasteiger partial charge in [-0.3, -0.25) is 4.79 Å². The Labute approximate surface area is 195 Å². The molecule has 0 bridgehead atoms. The topological polar surface area (TPSA) is 98.8 Å². The maximum Gasteiger partial charge on any atom is 0.262 e. The van der Waals surface area contributed by atoms with Gasteiger partial charge in [0.1, 0.15) is 22.6 Å². The Balaban J connectivity index is 1.93. The van der Waals surface area contributed by atoms with Crippen molar-refractivity contribution in [2.45, 2.75) is 32.7 Å². The number of nitrogens with zero attached hydrogens (tertiary/aromatic N) is 3. The van der Waals surface area contributed by atoms with Gasteiger partial charge in [-0.1, -0.05) is 49.2 Å². The van der Waals surface area contributed by atoms with Crippen LogP contribution in [0.15, 0.2) is 41.2 Å². The minimum Gasteiger partial charge on any atom is -0.497 e. The summed E-state index contributed by atoms with van der Waals surface area (Å²) in [6.45, 7) is 4.24. The van der Waals surface area contributed by atoms with E-state index < -0.39 is 0 Å². The van der Waals surface area contributed by atoms with Crippen LogP contribution in [0.5, 0.6) is 5.75 Å². The average molecular weight is 472 g/mol. The molecule has 4 rings (SSSR count). The van der Waals surface area contributed by atoms with Crippen LogP contribution >= 0.6 is 23.2 Å². The number of ether oxygens (including phenoxy) is 1. The minimum absolute atomic E-state index is 0.00764. The lowest BCUT2D eigenvalue weighted by molar-refractivity contribution is 0.414. The molecule has 0 aliphatic carbocycles. The molecule has 0 amide bonds. The van der Waals surface area contributed by atoms with Gasteiger partial charge in [0.05, 0.1) is 22.8 Å². The quantitative estimate of drug-likeness (QED) is 0.428. The third-order valence-electron chi connectivity index (χ3n) is 5.19. The Morgan fingerprint density at radius 1 is 1.16 bits per heavy atom. The second kappa shape index (κ2) is 8.94. The van der Waals surface area contributed by atoms with E-state index in [0.717, 1.165) is 16.9 Å². The molecule has 32 heavy (non-hydrogen) atoms. The Morgan fingerprint density at radius 3 is 2.50 bits per heavy atom. The number of H-pyrrole nitrogens is 1. The molecule has 0 atom stereocenters. The van der Waals surface area contributed by atoms with Crippen LogP contribution in [0.1, 0.15) is 42.4 Å². The fraction of sp³-hybridized carbons (Fsp3) is 0.261. The first-order valence-corrected chi connectivity index (χ1v) is 10.9. The van der Waals surface area contributed by atoms with E-state index in [-0.39, 0.29) is 11.5 Å². The number of methoxy groups -OCH3 is 1. The number of nitrogens with one attached hydrogen (secondary N) is 1. The van der Waals surface area contributed by atoms with Crippen molar-refractivity contribution in [1.82, 2.24) is 19.7 Å². The third kappa shape index (κ3) is 4.11. The number of nitrogens with two attached hydrogens (primary N) is 1. The zero-order chi connectivity index (χ0) is 23.0. The number of hydrogen-bond acceptors (Lipinski definition) is 5. The van der Waals surface area contributed by atoms with Crippen LogP contribution in [0.3, 0.4) is 0 Å². The van der Waals surface area contributed by atoms with Gasteiger partial charge in [0.2, 0.25) is 0 Å². The van der Waals surface area contributed by atoms with Gasteiger partial charge < -0.3 is 15.5 Å². The van der Waals surface area contributed by atoms with Crippen LogP contribution < -0.4 is 16.0 Å². The molecule has 2 heterocycles. The first-order valence-electron chi connectivity index (χ1n) is 10.2. The second-order valence-electron chi connectivity index (χ2n) is 7.80. The van der Waals surface area contributed by atoms with Gasteiger partial charge in [-0.2, -0.15) is 5.10 Å².